The Bertz CT molecular complexity index is 354. The van der Waals surface area contributed by atoms with Crippen LogP contribution in [0.15, 0.2) is 0 Å². The van der Waals surface area contributed by atoms with Crippen LogP contribution in [0.4, 0.5) is 5.82 Å². The van der Waals surface area contributed by atoms with Crippen LogP contribution in [0.5, 0.6) is 0 Å². The Labute approximate surface area is 94.1 Å². The molecule has 0 fully saturated rings. The molecule has 15 heavy (non-hydrogen) atoms. The lowest BCUT2D eigenvalue weighted by Gasteiger charge is -2.09. The van der Waals surface area contributed by atoms with Crippen molar-refractivity contribution in [2.75, 3.05) is 18.4 Å². The zero-order valence-electron chi connectivity index (χ0n) is 8.92. The van der Waals surface area contributed by atoms with Crippen molar-refractivity contribution < 1.29 is 0 Å². The number of thioether (sulfide) groups is 1. The molecular formula is C10H16N4S. The fourth-order valence-electron chi connectivity index (χ4n) is 1.63. The maximum Gasteiger partial charge on any atom is 0.134 e. The highest BCUT2D eigenvalue weighted by Gasteiger charge is 2.18. The highest BCUT2D eigenvalue weighted by atomic mass is 32.2. The van der Waals surface area contributed by atoms with Gasteiger partial charge in [0.25, 0.3) is 0 Å². The van der Waals surface area contributed by atoms with Gasteiger partial charge in [-0.3, -0.25) is 0 Å². The number of anilines is 1. The third-order valence-electron chi connectivity index (χ3n) is 2.36. The van der Waals surface area contributed by atoms with Crippen LogP contribution in [-0.4, -0.2) is 23.1 Å². The molecule has 0 saturated carbocycles. The van der Waals surface area contributed by atoms with E-state index in [1.165, 1.54) is 11.3 Å². The molecule has 0 aliphatic carbocycles. The van der Waals surface area contributed by atoms with Crippen molar-refractivity contribution >= 4 is 17.6 Å². The monoisotopic (exact) mass is 224 g/mol. The van der Waals surface area contributed by atoms with Gasteiger partial charge in [-0.1, -0.05) is 0 Å². The molecule has 82 valence electrons. The zero-order chi connectivity index (χ0) is 10.7. The number of nitrogens with two attached hydrogens (primary N) is 1. The highest BCUT2D eigenvalue weighted by Crippen LogP contribution is 2.32. The van der Waals surface area contributed by atoms with Crippen molar-refractivity contribution in [3.63, 3.8) is 0 Å². The van der Waals surface area contributed by atoms with Crippen LogP contribution >= 0.6 is 11.8 Å². The molecule has 0 aromatic carbocycles. The number of aromatic nitrogens is 2. The SMILES string of the molecule is Cc1nc2c(c(NCCCN)n1)CSC2. The number of hydrogen-bond acceptors (Lipinski definition) is 5. The molecule has 3 N–H and O–H groups in total. The standard InChI is InChI=1S/C10H16N4S/c1-7-13-9-6-15-5-8(9)10(14-7)12-4-2-3-11/h2-6,11H2,1H3,(H,12,13,14). The van der Waals surface area contributed by atoms with Crippen LogP contribution in [-0.2, 0) is 11.5 Å². The molecule has 0 unspecified atom stereocenters. The second kappa shape index (κ2) is 4.81. The summed E-state index contributed by atoms with van der Waals surface area (Å²) < 4.78 is 0. The number of hydrogen-bond donors (Lipinski definition) is 2. The topological polar surface area (TPSA) is 63.8 Å². The van der Waals surface area contributed by atoms with E-state index < -0.39 is 0 Å². The maximum atomic E-state index is 5.46. The van der Waals surface area contributed by atoms with Gasteiger partial charge < -0.3 is 11.1 Å². The second-order valence-corrected chi connectivity index (χ2v) is 4.59. The Morgan fingerprint density at radius 2 is 2.27 bits per heavy atom. The molecule has 1 aliphatic heterocycles. The van der Waals surface area contributed by atoms with E-state index in [0.29, 0.717) is 6.54 Å². The molecule has 0 amide bonds. The summed E-state index contributed by atoms with van der Waals surface area (Å²) in [6, 6.07) is 0. The molecule has 1 aromatic rings. The molecule has 0 radical (unpaired) electrons. The summed E-state index contributed by atoms with van der Waals surface area (Å²) in [5.74, 6) is 3.91. The Morgan fingerprint density at radius 3 is 3.07 bits per heavy atom. The minimum absolute atomic E-state index is 0.716. The fourth-order valence-corrected chi connectivity index (χ4v) is 2.67. The Hall–Kier alpha value is -0.810. The lowest BCUT2D eigenvalue weighted by atomic mass is 10.2. The molecule has 2 heterocycles. The van der Waals surface area contributed by atoms with Crippen LogP contribution in [0.2, 0.25) is 0 Å². The van der Waals surface area contributed by atoms with Crippen molar-refractivity contribution in [1.29, 1.82) is 0 Å². The van der Waals surface area contributed by atoms with E-state index in [9.17, 15) is 0 Å². The number of aryl methyl sites for hydroxylation is 1. The van der Waals surface area contributed by atoms with Gasteiger partial charge in [0, 0.05) is 23.6 Å². The first-order chi connectivity index (χ1) is 7.31. The normalized spacial score (nSPS) is 14.0. The number of fused-ring (bicyclic) bond motifs is 1. The predicted octanol–water partition coefficient (Wildman–Crippen LogP) is 1.29. The largest absolute Gasteiger partial charge is 0.370 e. The van der Waals surface area contributed by atoms with Crippen molar-refractivity contribution in [1.82, 2.24) is 9.97 Å². The van der Waals surface area contributed by atoms with Crippen molar-refractivity contribution in [3.8, 4) is 0 Å². The molecule has 1 aromatic heterocycles. The second-order valence-electron chi connectivity index (χ2n) is 3.61. The van der Waals surface area contributed by atoms with E-state index in [-0.39, 0.29) is 0 Å². The van der Waals surface area contributed by atoms with Gasteiger partial charge in [-0.05, 0) is 19.9 Å². The quantitative estimate of drug-likeness (QED) is 0.755. The summed E-state index contributed by atoms with van der Waals surface area (Å²) in [5.41, 5.74) is 7.94. The third-order valence-corrected chi connectivity index (χ3v) is 3.33. The van der Waals surface area contributed by atoms with Crippen LogP contribution < -0.4 is 11.1 Å². The van der Waals surface area contributed by atoms with E-state index in [1.54, 1.807) is 0 Å². The molecule has 0 spiro atoms. The molecule has 2 rings (SSSR count). The maximum absolute atomic E-state index is 5.46. The molecule has 1 aliphatic rings. The van der Waals surface area contributed by atoms with Crippen LogP contribution in [0.3, 0.4) is 0 Å². The summed E-state index contributed by atoms with van der Waals surface area (Å²) in [4.78, 5) is 8.89. The summed E-state index contributed by atoms with van der Waals surface area (Å²) in [7, 11) is 0. The smallest absolute Gasteiger partial charge is 0.134 e. The van der Waals surface area contributed by atoms with Crippen molar-refractivity contribution in [2.24, 2.45) is 5.73 Å². The summed E-state index contributed by atoms with van der Waals surface area (Å²) >= 11 is 1.90. The molecule has 0 atom stereocenters. The van der Waals surface area contributed by atoms with Crippen molar-refractivity contribution in [3.05, 3.63) is 17.1 Å². The van der Waals surface area contributed by atoms with E-state index in [2.05, 4.69) is 15.3 Å². The van der Waals surface area contributed by atoms with Gasteiger partial charge in [-0.25, -0.2) is 9.97 Å². The predicted molar refractivity (Wildman–Crippen MR) is 63.9 cm³/mol. The van der Waals surface area contributed by atoms with Crippen LogP contribution in [0.1, 0.15) is 23.5 Å². The van der Waals surface area contributed by atoms with Gasteiger partial charge >= 0.3 is 0 Å². The van der Waals surface area contributed by atoms with Gasteiger partial charge in [-0.2, -0.15) is 11.8 Å². The summed E-state index contributed by atoms with van der Waals surface area (Å²) in [5, 5.41) is 3.34. The highest BCUT2D eigenvalue weighted by molar-refractivity contribution is 7.98. The molecule has 5 heteroatoms. The zero-order valence-corrected chi connectivity index (χ0v) is 9.73. The first-order valence-corrected chi connectivity index (χ1v) is 6.35. The lowest BCUT2D eigenvalue weighted by molar-refractivity contribution is 0.862. The van der Waals surface area contributed by atoms with E-state index >= 15 is 0 Å². The first kappa shape index (κ1) is 10.7. The Morgan fingerprint density at radius 1 is 1.40 bits per heavy atom. The molecule has 0 saturated heterocycles. The first-order valence-electron chi connectivity index (χ1n) is 5.19. The number of nitrogens with one attached hydrogen (secondary N) is 1. The number of rotatable bonds is 4. The molecular weight excluding hydrogens is 208 g/mol. The summed E-state index contributed by atoms with van der Waals surface area (Å²) in [6.45, 7) is 3.55. The van der Waals surface area contributed by atoms with Gasteiger partial charge in [0.15, 0.2) is 0 Å². The average Bonchev–Trinajstić information content (AvgIpc) is 2.65. The molecule has 0 bridgehead atoms. The van der Waals surface area contributed by atoms with Crippen LogP contribution in [0.25, 0.3) is 0 Å². The van der Waals surface area contributed by atoms with Gasteiger partial charge in [0.05, 0.1) is 5.69 Å². The summed E-state index contributed by atoms with van der Waals surface area (Å²) in [6.07, 6.45) is 0.977. The lowest BCUT2D eigenvalue weighted by Crippen LogP contribution is -2.12. The van der Waals surface area contributed by atoms with E-state index in [4.69, 9.17) is 5.73 Å². The Kier molecular flexibility index (Phi) is 3.43. The molecule has 4 nitrogen and oxygen atoms in total. The van der Waals surface area contributed by atoms with E-state index in [0.717, 1.165) is 36.1 Å². The van der Waals surface area contributed by atoms with Crippen LogP contribution in [0, 0.1) is 6.92 Å². The van der Waals surface area contributed by atoms with E-state index in [1.807, 2.05) is 18.7 Å². The Balaban J connectivity index is 2.15. The average molecular weight is 224 g/mol. The third kappa shape index (κ3) is 2.41. The van der Waals surface area contributed by atoms with Gasteiger partial charge in [-0.15, -0.1) is 0 Å². The fraction of sp³-hybridized carbons (Fsp3) is 0.600. The minimum Gasteiger partial charge on any atom is -0.370 e. The number of nitrogens with zero attached hydrogens (tertiary/aromatic N) is 2. The van der Waals surface area contributed by atoms with Crippen molar-refractivity contribution in [2.45, 2.75) is 24.9 Å². The van der Waals surface area contributed by atoms with Gasteiger partial charge in [0.2, 0.25) is 0 Å². The van der Waals surface area contributed by atoms with Gasteiger partial charge in [0.1, 0.15) is 11.6 Å². The minimum atomic E-state index is 0.716.